The minimum Gasteiger partial charge on any atom is -0.493 e. The molecular weight excluding hydrogens is 487 g/mol. The number of hydrogen-bond acceptors (Lipinski definition) is 5. The van der Waals surface area contributed by atoms with Gasteiger partial charge in [-0.25, -0.2) is 19.6 Å². The summed E-state index contributed by atoms with van der Waals surface area (Å²) in [6.07, 6.45) is -3.72. The number of aliphatic hydroxyl groups is 1. The molecule has 0 spiro atoms. The Labute approximate surface area is 202 Å². The Morgan fingerprint density at radius 3 is 2.42 bits per heavy atom. The standard InChI is InChI=1S/C24H23F5N4O3/c1-22(2)11-23(35,24(27,28)29)20(15-8-9-16(26)19(36-3)18(15)22)33(30)21(34)17-10-32(12-31-17)14-6-4-13(25)5-7-14/h4-10,12,20,35H,11,30H2,1-3H3/t20-,23-/m1/s1. The van der Waals surface area contributed by atoms with Crippen molar-refractivity contribution in [2.24, 2.45) is 5.84 Å². The largest absolute Gasteiger partial charge is 0.493 e. The molecule has 0 bridgehead atoms. The summed E-state index contributed by atoms with van der Waals surface area (Å²) >= 11 is 0. The number of alkyl halides is 3. The molecular formula is C24H23F5N4O3. The first-order valence-corrected chi connectivity index (χ1v) is 10.8. The zero-order valence-corrected chi connectivity index (χ0v) is 19.5. The highest BCUT2D eigenvalue weighted by atomic mass is 19.4. The molecule has 3 N–H and O–H groups in total. The molecule has 0 aliphatic heterocycles. The maximum Gasteiger partial charge on any atom is 0.419 e. The summed E-state index contributed by atoms with van der Waals surface area (Å²) in [4.78, 5) is 17.2. The third-order valence-corrected chi connectivity index (χ3v) is 6.41. The van der Waals surface area contributed by atoms with Crippen molar-refractivity contribution >= 4 is 5.91 Å². The van der Waals surface area contributed by atoms with Crippen molar-refractivity contribution in [2.45, 2.75) is 43.5 Å². The second kappa shape index (κ2) is 8.56. The highest BCUT2D eigenvalue weighted by Crippen LogP contribution is 2.57. The predicted molar refractivity (Wildman–Crippen MR) is 118 cm³/mol. The normalized spacial score (nSPS) is 21.1. The Kier molecular flexibility index (Phi) is 6.08. The second-order valence-corrected chi connectivity index (χ2v) is 9.29. The van der Waals surface area contributed by atoms with Crippen LogP contribution in [0.15, 0.2) is 48.9 Å². The molecule has 2 aromatic carbocycles. The molecule has 0 radical (unpaired) electrons. The monoisotopic (exact) mass is 510 g/mol. The van der Waals surface area contributed by atoms with E-state index in [1.165, 1.54) is 62.3 Å². The third-order valence-electron chi connectivity index (χ3n) is 6.41. The van der Waals surface area contributed by atoms with E-state index in [1.54, 1.807) is 0 Å². The molecule has 4 rings (SSSR count). The number of halogens is 5. The van der Waals surface area contributed by atoms with Crippen LogP contribution in [-0.4, -0.2) is 44.5 Å². The van der Waals surface area contributed by atoms with Crippen LogP contribution < -0.4 is 10.6 Å². The molecule has 0 saturated carbocycles. The van der Waals surface area contributed by atoms with Gasteiger partial charge in [0.05, 0.1) is 7.11 Å². The third kappa shape index (κ3) is 3.99. The number of rotatable bonds is 4. The van der Waals surface area contributed by atoms with Gasteiger partial charge < -0.3 is 14.4 Å². The van der Waals surface area contributed by atoms with Gasteiger partial charge in [-0.1, -0.05) is 19.9 Å². The van der Waals surface area contributed by atoms with Gasteiger partial charge in [0, 0.05) is 17.4 Å². The van der Waals surface area contributed by atoms with Gasteiger partial charge >= 0.3 is 6.18 Å². The molecule has 1 aliphatic rings. The molecule has 1 aliphatic carbocycles. The van der Waals surface area contributed by atoms with Crippen LogP contribution in [0, 0.1) is 11.6 Å². The highest BCUT2D eigenvalue weighted by molar-refractivity contribution is 5.92. The van der Waals surface area contributed by atoms with Crippen molar-refractivity contribution in [1.82, 2.24) is 14.6 Å². The van der Waals surface area contributed by atoms with E-state index in [9.17, 15) is 31.9 Å². The van der Waals surface area contributed by atoms with Gasteiger partial charge in [0.2, 0.25) is 0 Å². The lowest BCUT2D eigenvalue weighted by molar-refractivity contribution is -0.290. The average Bonchev–Trinajstić information content (AvgIpc) is 3.28. The molecule has 192 valence electrons. The molecule has 1 aromatic heterocycles. The minimum absolute atomic E-state index is 0.0593. The van der Waals surface area contributed by atoms with Crippen LogP contribution in [0.3, 0.4) is 0 Å². The Morgan fingerprint density at radius 2 is 1.83 bits per heavy atom. The number of aromatic nitrogens is 2. The number of methoxy groups -OCH3 is 1. The second-order valence-electron chi connectivity index (χ2n) is 9.29. The molecule has 36 heavy (non-hydrogen) atoms. The maximum absolute atomic E-state index is 14.5. The first-order valence-electron chi connectivity index (χ1n) is 10.8. The number of amides is 1. The van der Waals surface area contributed by atoms with E-state index in [-0.39, 0.29) is 27.6 Å². The lowest BCUT2D eigenvalue weighted by Gasteiger charge is -2.50. The van der Waals surface area contributed by atoms with Gasteiger partial charge in [0.15, 0.2) is 17.2 Å². The van der Waals surface area contributed by atoms with Gasteiger partial charge in [-0.15, -0.1) is 0 Å². The number of ether oxygens (including phenoxy) is 1. The summed E-state index contributed by atoms with van der Waals surface area (Å²) in [7, 11) is 1.17. The average molecular weight is 510 g/mol. The fourth-order valence-corrected chi connectivity index (χ4v) is 4.89. The smallest absolute Gasteiger partial charge is 0.419 e. The van der Waals surface area contributed by atoms with Crippen LogP contribution >= 0.6 is 0 Å². The number of hydrazine groups is 1. The molecule has 1 heterocycles. The van der Waals surface area contributed by atoms with E-state index < -0.39 is 47.2 Å². The van der Waals surface area contributed by atoms with Crippen molar-refractivity contribution in [2.75, 3.05) is 7.11 Å². The Morgan fingerprint density at radius 1 is 1.19 bits per heavy atom. The Balaban J connectivity index is 1.83. The van der Waals surface area contributed by atoms with Gasteiger partial charge in [-0.2, -0.15) is 13.2 Å². The van der Waals surface area contributed by atoms with Gasteiger partial charge in [0.25, 0.3) is 5.91 Å². The number of benzene rings is 2. The van der Waals surface area contributed by atoms with Gasteiger partial charge in [-0.3, -0.25) is 9.80 Å². The Bertz CT molecular complexity index is 1310. The molecule has 12 heteroatoms. The van der Waals surface area contributed by atoms with Crippen LogP contribution in [0.1, 0.15) is 47.9 Å². The lowest BCUT2D eigenvalue weighted by atomic mass is 9.63. The zero-order valence-electron chi connectivity index (χ0n) is 19.5. The lowest BCUT2D eigenvalue weighted by Crippen LogP contribution is -2.63. The Hall–Kier alpha value is -3.51. The summed E-state index contributed by atoms with van der Waals surface area (Å²) in [5.74, 6) is 3.26. The van der Waals surface area contributed by atoms with Gasteiger partial charge in [-0.05, 0) is 47.7 Å². The molecule has 7 nitrogen and oxygen atoms in total. The van der Waals surface area contributed by atoms with Crippen molar-refractivity contribution in [3.8, 4) is 11.4 Å². The fraction of sp³-hybridized carbons (Fsp3) is 0.333. The number of nitrogens with two attached hydrogens (primary N) is 1. The van der Waals surface area contributed by atoms with Crippen molar-refractivity contribution in [3.63, 3.8) is 0 Å². The first kappa shape index (κ1) is 25.6. The molecule has 0 fully saturated rings. The molecule has 0 saturated heterocycles. The van der Waals surface area contributed by atoms with E-state index >= 15 is 0 Å². The van der Waals surface area contributed by atoms with Crippen LogP contribution in [0.2, 0.25) is 0 Å². The fourth-order valence-electron chi connectivity index (χ4n) is 4.89. The first-order chi connectivity index (χ1) is 16.7. The predicted octanol–water partition coefficient (Wildman–Crippen LogP) is 4.19. The van der Waals surface area contributed by atoms with Crippen LogP contribution in [-0.2, 0) is 5.41 Å². The van der Waals surface area contributed by atoms with E-state index in [1.807, 2.05) is 0 Å². The van der Waals surface area contributed by atoms with Crippen LogP contribution in [0.4, 0.5) is 22.0 Å². The van der Waals surface area contributed by atoms with Crippen molar-refractivity contribution in [1.29, 1.82) is 0 Å². The van der Waals surface area contributed by atoms with E-state index in [4.69, 9.17) is 10.6 Å². The SMILES string of the molecule is COc1c(F)ccc2c1C(C)(C)C[C@](O)(C(F)(F)F)[C@@H]2N(N)C(=O)c1cn(-c2ccc(F)cc2)cn1. The number of fused-ring (bicyclic) bond motifs is 1. The minimum atomic E-state index is -5.21. The molecule has 0 unspecified atom stereocenters. The van der Waals surface area contributed by atoms with E-state index in [2.05, 4.69) is 4.98 Å². The summed E-state index contributed by atoms with van der Waals surface area (Å²) in [6, 6.07) is 5.00. The van der Waals surface area contributed by atoms with E-state index in [0.717, 1.165) is 12.1 Å². The molecule has 3 aromatic rings. The number of carbonyl (C=O) groups is 1. The van der Waals surface area contributed by atoms with Crippen LogP contribution in [0.25, 0.3) is 5.69 Å². The van der Waals surface area contributed by atoms with E-state index in [0.29, 0.717) is 5.69 Å². The van der Waals surface area contributed by atoms with Crippen LogP contribution in [0.5, 0.6) is 5.75 Å². The number of imidazole rings is 1. The molecule has 2 atom stereocenters. The highest BCUT2D eigenvalue weighted by Gasteiger charge is 2.66. The summed E-state index contributed by atoms with van der Waals surface area (Å²) in [5, 5.41) is 11.3. The quantitative estimate of drug-likeness (QED) is 0.238. The van der Waals surface area contributed by atoms with Crippen molar-refractivity contribution in [3.05, 3.63) is 77.4 Å². The van der Waals surface area contributed by atoms with Crippen molar-refractivity contribution < 1.29 is 36.6 Å². The number of carbonyl (C=O) groups excluding carboxylic acids is 1. The summed E-state index contributed by atoms with van der Waals surface area (Å²) in [5.41, 5.74) is -4.93. The zero-order chi connectivity index (χ0) is 26.6. The maximum atomic E-state index is 14.5. The summed E-state index contributed by atoms with van der Waals surface area (Å²) < 4.78 is 77.3. The topological polar surface area (TPSA) is 93.6 Å². The number of hydrogen-bond donors (Lipinski definition) is 2. The number of nitrogens with zero attached hydrogens (tertiary/aromatic N) is 3. The molecule has 1 amide bonds. The summed E-state index contributed by atoms with van der Waals surface area (Å²) in [6.45, 7) is 2.82. The van der Waals surface area contributed by atoms with Gasteiger partial charge in [0.1, 0.15) is 23.9 Å².